The molecule has 0 fully saturated rings. The third-order valence-electron chi connectivity index (χ3n) is 5.72. The van der Waals surface area contributed by atoms with E-state index in [2.05, 4.69) is 84.5 Å². The lowest BCUT2D eigenvalue weighted by atomic mass is 9.68. The monoisotopic (exact) mass is 416 g/mol. The Morgan fingerprint density at radius 2 is 0.931 bits per heavy atom. The van der Waals surface area contributed by atoms with E-state index >= 15 is 0 Å². The molecule has 1 aliphatic rings. The summed E-state index contributed by atoms with van der Waals surface area (Å²) in [7, 11) is 0. The van der Waals surface area contributed by atoms with E-state index in [9.17, 15) is 0 Å². The highest BCUT2D eigenvalue weighted by Gasteiger charge is 2.47. The highest BCUT2D eigenvalue weighted by Crippen LogP contribution is 2.55. The minimum atomic E-state index is -0.527. The van der Waals surface area contributed by atoms with Crippen molar-refractivity contribution in [1.82, 2.24) is 9.97 Å². The van der Waals surface area contributed by atoms with Gasteiger partial charge in [-0.25, -0.2) is 9.97 Å². The van der Waals surface area contributed by atoms with Crippen LogP contribution in [-0.2, 0) is 5.41 Å². The maximum Gasteiger partial charge on any atom is 0.129 e. The van der Waals surface area contributed by atoms with Gasteiger partial charge in [0.25, 0.3) is 0 Å². The van der Waals surface area contributed by atoms with Crippen molar-refractivity contribution >= 4 is 23.2 Å². The number of hydrogen-bond acceptors (Lipinski definition) is 2. The zero-order valence-corrected chi connectivity index (χ0v) is 17.6. The lowest BCUT2D eigenvalue weighted by Gasteiger charge is -2.33. The Morgan fingerprint density at radius 3 is 1.31 bits per heavy atom. The van der Waals surface area contributed by atoms with Crippen LogP contribution in [0.4, 0.5) is 0 Å². The summed E-state index contributed by atoms with van der Waals surface area (Å²) in [5.41, 5.74) is 7.96. The predicted molar refractivity (Wildman–Crippen MR) is 119 cm³/mol. The molecule has 2 aromatic heterocycles. The van der Waals surface area contributed by atoms with Gasteiger partial charge in [-0.15, -0.1) is 0 Å². The summed E-state index contributed by atoms with van der Waals surface area (Å²) in [5, 5.41) is 0.889. The van der Waals surface area contributed by atoms with Gasteiger partial charge in [0.1, 0.15) is 10.3 Å². The largest absolute Gasteiger partial charge is 0.234 e. The lowest BCUT2D eigenvalue weighted by Crippen LogP contribution is -2.28. The first-order chi connectivity index (χ1) is 14.0. The fourth-order valence-electron chi connectivity index (χ4n) is 4.38. The number of aryl methyl sites for hydroxylation is 2. The second-order valence-corrected chi connectivity index (χ2v) is 8.32. The number of hydrogen-bond donors (Lipinski definition) is 0. The normalized spacial score (nSPS) is 13.8. The number of nitrogens with zero attached hydrogens (tertiary/aromatic N) is 2. The molecular weight excluding hydrogens is 399 g/mol. The van der Waals surface area contributed by atoms with E-state index in [1.54, 1.807) is 0 Å². The van der Waals surface area contributed by atoms with Crippen LogP contribution in [0.2, 0.25) is 10.3 Å². The number of halogens is 2. The van der Waals surface area contributed by atoms with E-state index in [4.69, 9.17) is 23.2 Å². The topological polar surface area (TPSA) is 25.8 Å². The highest BCUT2D eigenvalue weighted by molar-refractivity contribution is 6.30. The molecule has 4 heteroatoms. The molecule has 4 aromatic rings. The SMILES string of the molecule is Cc1ccc(C2(c3ccc(C)cc3)c3ccc(Cl)nc3-c3nc(Cl)ccc32)cc1. The number of pyridine rings is 2. The van der Waals surface area contributed by atoms with Crippen LogP contribution in [0.1, 0.15) is 33.4 Å². The highest BCUT2D eigenvalue weighted by atomic mass is 35.5. The molecule has 2 heterocycles. The van der Waals surface area contributed by atoms with Crippen LogP contribution in [0.25, 0.3) is 11.4 Å². The van der Waals surface area contributed by atoms with Crippen molar-refractivity contribution in [3.05, 3.63) is 116 Å². The quantitative estimate of drug-likeness (QED) is 0.297. The van der Waals surface area contributed by atoms with Crippen LogP contribution in [-0.4, -0.2) is 9.97 Å². The Morgan fingerprint density at radius 1 is 0.552 bits per heavy atom. The molecule has 2 aromatic carbocycles. The fraction of sp³-hybridized carbons (Fsp3) is 0.120. The van der Waals surface area contributed by atoms with Gasteiger partial charge >= 0.3 is 0 Å². The van der Waals surface area contributed by atoms with Crippen LogP contribution in [0.3, 0.4) is 0 Å². The van der Waals surface area contributed by atoms with E-state index < -0.39 is 5.41 Å². The molecule has 142 valence electrons. The summed E-state index contributed by atoms with van der Waals surface area (Å²) >= 11 is 12.6. The Hall–Kier alpha value is -2.68. The van der Waals surface area contributed by atoms with E-state index in [-0.39, 0.29) is 0 Å². The molecule has 0 atom stereocenters. The molecule has 0 bridgehead atoms. The second-order valence-electron chi connectivity index (χ2n) is 7.54. The standard InChI is InChI=1S/C25H18Cl2N2/c1-15-3-7-17(8-4-15)25(18-9-5-16(2)6-10-18)19-11-13-21(26)28-23(19)24-20(25)12-14-22(27)29-24/h3-14H,1-2H3. The molecule has 29 heavy (non-hydrogen) atoms. The van der Waals surface area contributed by atoms with Gasteiger partial charge in [-0.3, -0.25) is 0 Å². The van der Waals surface area contributed by atoms with Crippen molar-refractivity contribution in [3.8, 4) is 11.4 Å². The Bertz CT molecular complexity index is 1130. The first kappa shape index (κ1) is 18.4. The van der Waals surface area contributed by atoms with Gasteiger partial charge in [-0.2, -0.15) is 0 Å². The molecule has 0 amide bonds. The van der Waals surface area contributed by atoms with E-state index in [0.717, 1.165) is 22.5 Å². The zero-order valence-electron chi connectivity index (χ0n) is 16.1. The van der Waals surface area contributed by atoms with Gasteiger partial charge < -0.3 is 0 Å². The maximum absolute atomic E-state index is 6.28. The summed E-state index contributed by atoms with van der Waals surface area (Å²) in [6, 6.07) is 25.2. The minimum Gasteiger partial charge on any atom is -0.234 e. The fourth-order valence-corrected chi connectivity index (χ4v) is 4.67. The van der Waals surface area contributed by atoms with Gasteiger partial charge in [0, 0.05) is 0 Å². The summed E-state index contributed by atoms with van der Waals surface area (Å²) in [6.07, 6.45) is 0. The van der Waals surface area contributed by atoms with Gasteiger partial charge in [0.2, 0.25) is 0 Å². The predicted octanol–water partition coefficient (Wildman–Crippen LogP) is 6.76. The lowest BCUT2D eigenvalue weighted by molar-refractivity contribution is 0.764. The first-order valence-electron chi connectivity index (χ1n) is 9.49. The number of rotatable bonds is 2. The van der Waals surface area contributed by atoms with Gasteiger partial charge in [0.15, 0.2) is 0 Å². The molecular formula is C25H18Cl2N2. The number of aromatic nitrogens is 2. The molecule has 0 spiro atoms. The van der Waals surface area contributed by atoms with Crippen molar-refractivity contribution in [3.63, 3.8) is 0 Å². The second kappa shape index (κ2) is 6.69. The van der Waals surface area contributed by atoms with Crippen molar-refractivity contribution in [1.29, 1.82) is 0 Å². The third-order valence-corrected chi connectivity index (χ3v) is 6.15. The van der Waals surface area contributed by atoms with Crippen LogP contribution in [0.15, 0.2) is 72.8 Å². The zero-order chi connectivity index (χ0) is 20.2. The molecule has 2 nitrogen and oxygen atoms in total. The van der Waals surface area contributed by atoms with Crippen molar-refractivity contribution in [2.45, 2.75) is 19.3 Å². The first-order valence-corrected chi connectivity index (χ1v) is 10.2. The minimum absolute atomic E-state index is 0.445. The van der Waals surface area contributed by atoms with Crippen LogP contribution >= 0.6 is 23.2 Å². The Balaban J connectivity index is 1.95. The molecule has 0 saturated heterocycles. The molecule has 0 N–H and O–H groups in total. The van der Waals surface area contributed by atoms with Crippen LogP contribution in [0, 0.1) is 13.8 Å². The number of fused-ring (bicyclic) bond motifs is 3. The van der Waals surface area contributed by atoms with E-state index in [0.29, 0.717) is 10.3 Å². The smallest absolute Gasteiger partial charge is 0.129 e. The van der Waals surface area contributed by atoms with Crippen LogP contribution in [0.5, 0.6) is 0 Å². The van der Waals surface area contributed by atoms with Gasteiger partial charge in [0.05, 0.1) is 16.8 Å². The van der Waals surface area contributed by atoms with Crippen molar-refractivity contribution in [2.75, 3.05) is 0 Å². The van der Waals surface area contributed by atoms with Gasteiger partial charge in [-0.05, 0) is 48.2 Å². The molecule has 5 rings (SSSR count). The van der Waals surface area contributed by atoms with Crippen molar-refractivity contribution < 1.29 is 0 Å². The average Bonchev–Trinajstić information content (AvgIpc) is 2.99. The summed E-state index contributed by atoms with van der Waals surface area (Å²) < 4.78 is 0. The molecule has 0 radical (unpaired) electrons. The average molecular weight is 417 g/mol. The number of benzene rings is 2. The molecule has 0 unspecified atom stereocenters. The molecule has 1 aliphatic carbocycles. The van der Waals surface area contributed by atoms with Gasteiger partial charge in [-0.1, -0.05) is 95.0 Å². The maximum atomic E-state index is 6.28. The van der Waals surface area contributed by atoms with E-state index in [1.807, 2.05) is 12.1 Å². The molecule has 0 saturated carbocycles. The summed E-state index contributed by atoms with van der Waals surface area (Å²) in [5.74, 6) is 0. The summed E-state index contributed by atoms with van der Waals surface area (Å²) in [6.45, 7) is 4.20. The van der Waals surface area contributed by atoms with Crippen LogP contribution < -0.4 is 0 Å². The van der Waals surface area contributed by atoms with E-state index in [1.165, 1.54) is 22.3 Å². The summed E-state index contributed by atoms with van der Waals surface area (Å²) in [4.78, 5) is 9.32. The Labute approximate surface area is 180 Å². The third kappa shape index (κ3) is 2.71. The van der Waals surface area contributed by atoms with Crippen molar-refractivity contribution in [2.24, 2.45) is 0 Å². The molecule has 0 aliphatic heterocycles. The Kier molecular flexibility index (Phi) is 4.23.